The summed E-state index contributed by atoms with van der Waals surface area (Å²) < 4.78 is 45.9. The standard InChI is InChI=1S/C20H25FN2O3S/c1-26-19-10-6-17(7-11-19)20(23-12-2-3-13-23)14-22-27(24,25)15-16-4-8-18(21)9-5-16/h4-11,20,22H,2-3,12-15H2,1H3. The van der Waals surface area contributed by atoms with E-state index in [9.17, 15) is 12.8 Å². The molecule has 2 aromatic carbocycles. The molecule has 0 aliphatic carbocycles. The van der Waals surface area contributed by atoms with Crippen LogP contribution in [0, 0.1) is 5.82 Å². The largest absolute Gasteiger partial charge is 0.497 e. The van der Waals surface area contributed by atoms with Crippen LogP contribution in [0.3, 0.4) is 0 Å². The fourth-order valence-corrected chi connectivity index (χ4v) is 4.54. The summed E-state index contributed by atoms with van der Waals surface area (Å²) in [6, 6.07) is 13.3. The monoisotopic (exact) mass is 392 g/mol. The maximum atomic E-state index is 13.0. The molecule has 0 amide bonds. The van der Waals surface area contributed by atoms with Crippen molar-refractivity contribution in [3.05, 3.63) is 65.5 Å². The lowest BCUT2D eigenvalue weighted by Crippen LogP contribution is -2.37. The molecular weight excluding hydrogens is 367 g/mol. The smallest absolute Gasteiger partial charge is 0.215 e. The molecule has 0 bridgehead atoms. The molecule has 1 unspecified atom stereocenters. The number of nitrogens with one attached hydrogen (secondary N) is 1. The van der Waals surface area contributed by atoms with Crippen LogP contribution in [0.5, 0.6) is 5.75 Å². The predicted molar refractivity (Wildman–Crippen MR) is 104 cm³/mol. The molecule has 27 heavy (non-hydrogen) atoms. The summed E-state index contributed by atoms with van der Waals surface area (Å²) in [5.74, 6) is 0.233. The highest BCUT2D eigenvalue weighted by atomic mass is 32.2. The number of hydrogen-bond acceptors (Lipinski definition) is 4. The van der Waals surface area contributed by atoms with Gasteiger partial charge in [0.25, 0.3) is 0 Å². The first kappa shape index (κ1) is 19.8. The fraction of sp³-hybridized carbons (Fsp3) is 0.400. The minimum absolute atomic E-state index is 0.0265. The third kappa shape index (κ3) is 5.51. The zero-order chi connectivity index (χ0) is 19.3. The third-order valence-electron chi connectivity index (χ3n) is 4.85. The second-order valence-electron chi connectivity index (χ2n) is 6.77. The molecule has 1 aliphatic heterocycles. The van der Waals surface area contributed by atoms with Gasteiger partial charge < -0.3 is 4.74 Å². The normalized spacial score (nSPS) is 16.4. The number of halogens is 1. The van der Waals surface area contributed by atoms with Gasteiger partial charge in [-0.15, -0.1) is 0 Å². The van der Waals surface area contributed by atoms with Gasteiger partial charge in [-0.3, -0.25) is 4.90 Å². The van der Waals surface area contributed by atoms with Crippen LogP contribution in [0.4, 0.5) is 4.39 Å². The Morgan fingerprint density at radius 2 is 1.70 bits per heavy atom. The van der Waals surface area contributed by atoms with Crippen molar-refractivity contribution < 1.29 is 17.5 Å². The van der Waals surface area contributed by atoms with Gasteiger partial charge in [0.15, 0.2) is 0 Å². The SMILES string of the molecule is COc1ccc(C(CNS(=O)(=O)Cc2ccc(F)cc2)N2CCCC2)cc1. The quantitative estimate of drug-likeness (QED) is 0.750. The van der Waals surface area contributed by atoms with Crippen LogP contribution in [0.15, 0.2) is 48.5 Å². The van der Waals surface area contributed by atoms with Gasteiger partial charge in [0, 0.05) is 12.6 Å². The number of likely N-dealkylation sites (tertiary alicyclic amines) is 1. The van der Waals surface area contributed by atoms with E-state index in [0.29, 0.717) is 12.1 Å². The van der Waals surface area contributed by atoms with E-state index in [1.165, 1.54) is 24.3 Å². The Balaban J connectivity index is 1.70. The van der Waals surface area contributed by atoms with E-state index in [0.717, 1.165) is 37.2 Å². The Kier molecular flexibility index (Phi) is 6.46. The van der Waals surface area contributed by atoms with Crippen LogP contribution in [0.1, 0.15) is 30.0 Å². The van der Waals surface area contributed by atoms with E-state index in [2.05, 4.69) is 9.62 Å². The van der Waals surface area contributed by atoms with Crippen molar-refractivity contribution in [2.24, 2.45) is 0 Å². The lowest BCUT2D eigenvalue weighted by molar-refractivity contribution is 0.246. The van der Waals surface area contributed by atoms with Gasteiger partial charge in [-0.25, -0.2) is 17.5 Å². The average Bonchev–Trinajstić information content (AvgIpc) is 3.18. The number of nitrogens with zero attached hydrogens (tertiary/aromatic N) is 1. The van der Waals surface area contributed by atoms with Crippen molar-refractivity contribution >= 4 is 10.0 Å². The molecule has 1 atom stereocenters. The summed E-state index contributed by atoms with van der Waals surface area (Å²) in [5.41, 5.74) is 1.62. The van der Waals surface area contributed by atoms with Gasteiger partial charge in [-0.1, -0.05) is 24.3 Å². The Hall–Kier alpha value is -1.96. The topological polar surface area (TPSA) is 58.6 Å². The van der Waals surface area contributed by atoms with Crippen LogP contribution >= 0.6 is 0 Å². The number of ether oxygens (including phenoxy) is 1. The van der Waals surface area contributed by atoms with E-state index < -0.39 is 10.0 Å². The first-order chi connectivity index (χ1) is 13.0. The fourth-order valence-electron chi connectivity index (χ4n) is 3.39. The maximum absolute atomic E-state index is 13.0. The van der Waals surface area contributed by atoms with Gasteiger partial charge in [0.2, 0.25) is 10.0 Å². The first-order valence-corrected chi connectivity index (χ1v) is 10.7. The Labute approximate surface area is 160 Å². The summed E-state index contributed by atoms with van der Waals surface area (Å²) in [6.45, 7) is 2.21. The molecule has 146 valence electrons. The maximum Gasteiger partial charge on any atom is 0.215 e. The molecule has 1 heterocycles. The summed E-state index contributed by atoms with van der Waals surface area (Å²) in [7, 11) is -1.90. The molecular formula is C20H25FN2O3S. The van der Waals surface area contributed by atoms with Crippen LogP contribution in [-0.4, -0.2) is 40.1 Å². The van der Waals surface area contributed by atoms with Gasteiger partial charge in [0.1, 0.15) is 11.6 Å². The predicted octanol–water partition coefficient (Wildman–Crippen LogP) is 3.09. The Morgan fingerprint density at radius 3 is 2.30 bits per heavy atom. The molecule has 7 heteroatoms. The first-order valence-electron chi connectivity index (χ1n) is 9.06. The third-order valence-corrected chi connectivity index (χ3v) is 6.17. The van der Waals surface area contributed by atoms with E-state index in [1.807, 2.05) is 24.3 Å². The Morgan fingerprint density at radius 1 is 1.07 bits per heavy atom. The molecule has 0 aromatic heterocycles. The second kappa shape index (κ2) is 8.82. The van der Waals surface area contributed by atoms with Crippen molar-refractivity contribution in [1.82, 2.24) is 9.62 Å². The van der Waals surface area contributed by atoms with Gasteiger partial charge >= 0.3 is 0 Å². The van der Waals surface area contributed by atoms with Crippen LogP contribution in [0.2, 0.25) is 0 Å². The van der Waals surface area contributed by atoms with E-state index in [4.69, 9.17) is 4.74 Å². The minimum Gasteiger partial charge on any atom is -0.497 e. The van der Waals surface area contributed by atoms with Crippen LogP contribution in [-0.2, 0) is 15.8 Å². The summed E-state index contributed by atoms with van der Waals surface area (Å²) in [4.78, 5) is 2.31. The number of rotatable bonds is 8. The highest BCUT2D eigenvalue weighted by Crippen LogP contribution is 2.26. The molecule has 1 fully saturated rings. The molecule has 1 saturated heterocycles. The van der Waals surface area contributed by atoms with Crippen LogP contribution < -0.4 is 9.46 Å². The lowest BCUT2D eigenvalue weighted by Gasteiger charge is -2.28. The zero-order valence-electron chi connectivity index (χ0n) is 15.4. The van der Waals surface area contributed by atoms with Crippen molar-refractivity contribution in [3.8, 4) is 5.75 Å². The van der Waals surface area contributed by atoms with Crippen LogP contribution in [0.25, 0.3) is 0 Å². The molecule has 3 rings (SSSR count). The van der Waals surface area contributed by atoms with E-state index in [-0.39, 0.29) is 17.6 Å². The minimum atomic E-state index is -3.52. The molecule has 0 spiro atoms. The number of benzene rings is 2. The molecule has 0 saturated carbocycles. The van der Waals surface area contributed by atoms with Gasteiger partial charge in [0.05, 0.1) is 12.9 Å². The van der Waals surface area contributed by atoms with Crippen molar-refractivity contribution in [3.63, 3.8) is 0 Å². The van der Waals surface area contributed by atoms with Crippen molar-refractivity contribution in [1.29, 1.82) is 0 Å². The number of methoxy groups -OCH3 is 1. The molecule has 2 aromatic rings. The molecule has 1 aliphatic rings. The molecule has 5 nitrogen and oxygen atoms in total. The highest BCUT2D eigenvalue weighted by molar-refractivity contribution is 7.88. The number of hydrogen-bond donors (Lipinski definition) is 1. The summed E-state index contributed by atoms with van der Waals surface area (Å²) >= 11 is 0. The van der Waals surface area contributed by atoms with E-state index in [1.54, 1.807) is 7.11 Å². The zero-order valence-corrected chi connectivity index (χ0v) is 16.2. The van der Waals surface area contributed by atoms with Gasteiger partial charge in [-0.2, -0.15) is 0 Å². The van der Waals surface area contributed by atoms with E-state index >= 15 is 0 Å². The molecule has 0 radical (unpaired) electrons. The second-order valence-corrected chi connectivity index (χ2v) is 8.57. The Bertz CT molecular complexity index is 833. The van der Waals surface area contributed by atoms with Gasteiger partial charge in [-0.05, 0) is 61.3 Å². The highest BCUT2D eigenvalue weighted by Gasteiger charge is 2.25. The molecule has 1 N–H and O–H groups in total. The van der Waals surface area contributed by atoms with Crippen molar-refractivity contribution in [2.75, 3.05) is 26.7 Å². The number of sulfonamides is 1. The summed E-state index contributed by atoms with van der Waals surface area (Å²) in [6.07, 6.45) is 2.24. The summed E-state index contributed by atoms with van der Waals surface area (Å²) in [5, 5.41) is 0. The lowest BCUT2D eigenvalue weighted by atomic mass is 10.1. The average molecular weight is 392 g/mol. The van der Waals surface area contributed by atoms with Crippen molar-refractivity contribution in [2.45, 2.75) is 24.6 Å².